The molecule has 0 aromatic rings. The first-order valence-corrected chi connectivity index (χ1v) is 5.77. The fourth-order valence-corrected chi connectivity index (χ4v) is 1.37. The second-order valence-corrected chi connectivity index (χ2v) is 3.62. The van der Waals surface area contributed by atoms with Gasteiger partial charge in [0.25, 0.3) is 0 Å². The summed E-state index contributed by atoms with van der Waals surface area (Å²) in [5.41, 5.74) is 0. The molecule has 0 unspecified atom stereocenters. The zero-order chi connectivity index (χ0) is 9.78. The molecule has 2 N–H and O–H groups in total. The van der Waals surface area contributed by atoms with Crippen LogP contribution in [0.15, 0.2) is 0 Å². The predicted molar refractivity (Wildman–Crippen MR) is 60.2 cm³/mol. The highest BCUT2D eigenvalue weighted by Crippen LogP contribution is 2.03. The number of hydrogen-bond acceptors (Lipinski definition) is 2. The van der Waals surface area contributed by atoms with Gasteiger partial charge >= 0.3 is 0 Å². The number of nitrogens with one attached hydrogen (secondary N) is 2. The molecule has 0 aromatic carbocycles. The topological polar surface area (TPSA) is 24.1 Å². The summed E-state index contributed by atoms with van der Waals surface area (Å²) in [6.45, 7) is 5.63. The van der Waals surface area contributed by atoms with Gasteiger partial charge in [-0.3, -0.25) is 0 Å². The van der Waals surface area contributed by atoms with E-state index in [4.69, 9.17) is 0 Å². The summed E-state index contributed by atoms with van der Waals surface area (Å²) in [5, 5.41) is 6.54. The molecule has 80 valence electrons. The maximum atomic E-state index is 3.41. The number of unbranched alkanes of at least 4 members (excludes halogenated alkanes) is 5. The summed E-state index contributed by atoms with van der Waals surface area (Å²) in [6.07, 6.45) is 8.34. The zero-order valence-electron chi connectivity index (χ0n) is 9.36. The molecule has 0 atom stereocenters. The summed E-state index contributed by atoms with van der Waals surface area (Å²) in [7, 11) is 1.99. The van der Waals surface area contributed by atoms with Crippen LogP contribution in [0.5, 0.6) is 0 Å². The molecule has 0 bridgehead atoms. The molecular weight excluding hydrogens is 160 g/mol. The highest BCUT2D eigenvalue weighted by atomic mass is 14.9. The molecule has 0 rings (SSSR count). The van der Waals surface area contributed by atoms with Crippen LogP contribution in [-0.4, -0.2) is 26.7 Å². The monoisotopic (exact) mass is 186 g/mol. The smallest absolute Gasteiger partial charge is 0.00766 e. The van der Waals surface area contributed by atoms with Crippen molar-refractivity contribution in [3.63, 3.8) is 0 Å². The van der Waals surface area contributed by atoms with E-state index < -0.39 is 0 Å². The lowest BCUT2D eigenvalue weighted by Gasteiger charge is -2.03. The predicted octanol–water partition coefficient (Wildman–Crippen LogP) is 2.16. The lowest BCUT2D eigenvalue weighted by atomic mass is 10.1. The SMILES string of the molecule is CCCCCCCCNCCNC. The van der Waals surface area contributed by atoms with Crippen LogP contribution in [0.2, 0.25) is 0 Å². The van der Waals surface area contributed by atoms with E-state index in [2.05, 4.69) is 17.6 Å². The van der Waals surface area contributed by atoms with Gasteiger partial charge in [0.05, 0.1) is 0 Å². The summed E-state index contributed by atoms with van der Waals surface area (Å²) in [5.74, 6) is 0. The fraction of sp³-hybridized carbons (Fsp3) is 1.00. The van der Waals surface area contributed by atoms with E-state index in [1.165, 1.54) is 45.1 Å². The van der Waals surface area contributed by atoms with E-state index in [-0.39, 0.29) is 0 Å². The van der Waals surface area contributed by atoms with Crippen LogP contribution < -0.4 is 10.6 Å². The third-order valence-corrected chi connectivity index (χ3v) is 2.26. The van der Waals surface area contributed by atoms with Crippen molar-refractivity contribution in [3.8, 4) is 0 Å². The number of likely N-dealkylation sites (N-methyl/N-ethyl adjacent to an activating group) is 1. The maximum Gasteiger partial charge on any atom is 0.00766 e. The summed E-state index contributed by atoms with van der Waals surface area (Å²) in [4.78, 5) is 0. The first-order valence-electron chi connectivity index (χ1n) is 5.77. The minimum absolute atomic E-state index is 1.08. The highest BCUT2D eigenvalue weighted by molar-refractivity contribution is 4.50. The number of hydrogen-bond donors (Lipinski definition) is 2. The molecule has 0 aliphatic carbocycles. The van der Waals surface area contributed by atoms with Crippen LogP contribution in [0.1, 0.15) is 45.4 Å². The van der Waals surface area contributed by atoms with Gasteiger partial charge < -0.3 is 10.6 Å². The largest absolute Gasteiger partial charge is 0.318 e. The lowest BCUT2D eigenvalue weighted by Crippen LogP contribution is -2.25. The Hall–Kier alpha value is -0.0800. The van der Waals surface area contributed by atoms with Gasteiger partial charge in [0, 0.05) is 13.1 Å². The molecule has 13 heavy (non-hydrogen) atoms. The van der Waals surface area contributed by atoms with E-state index in [1.54, 1.807) is 0 Å². The molecular formula is C11H26N2. The normalized spacial score (nSPS) is 10.6. The van der Waals surface area contributed by atoms with E-state index in [1.807, 2.05) is 7.05 Å². The molecule has 0 spiro atoms. The first kappa shape index (κ1) is 12.9. The molecule has 0 fully saturated rings. The highest BCUT2D eigenvalue weighted by Gasteiger charge is 1.89. The molecule has 0 heterocycles. The summed E-state index contributed by atoms with van der Waals surface area (Å²) < 4.78 is 0. The van der Waals surface area contributed by atoms with Crippen LogP contribution in [0, 0.1) is 0 Å². The van der Waals surface area contributed by atoms with Crippen molar-refractivity contribution in [2.45, 2.75) is 45.4 Å². The van der Waals surface area contributed by atoms with Crippen molar-refractivity contribution in [1.29, 1.82) is 0 Å². The first-order chi connectivity index (χ1) is 6.41. The molecule has 2 nitrogen and oxygen atoms in total. The van der Waals surface area contributed by atoms with Gasteiger partial charge in [0.2, 0.25) is 0 Å². The van der Waals surface area contributed by atoms with Crippen molar-refractivity contribution >= 4 is 0 Å². The Kier molecular flexibility index (Phi) is 11.8. The van der Waals surface area contributed by atoms with Crippen molar-refractivity contribution < 1.29 is 0 Å². The molecule has 0 saturated carbocycles. The van der Waals surface area contributed by atoms with Gasteiger partial charge in [-0.15, -0.1) is 0 Å². The Labute approximate surface area is 83.5 Å². The van der Waals surface area contributed by atoms with Gasteiger partial charge in [-0.05, 0) is 20.0 Å². The minimum atomic E-state index is 1.08. The summed E-state index contributed by atoms with van der Waals surface area (Å²) >= 11 is 0. The lowest BCUT2D eigenvalue weighted by molar-refractivity contribution is 0.567. The second-order valence-electron chi connectivity index (χ2n) is 3.62. The second kappa shape index (κ2) is 11.9. The molecule has 0 aromatic heterocycles. The van der Waals surface area contributed by atoms with Gasteiger partial charge in [-0.1, -0.05) is 39.0 Å². The third-order valence-electron chi connectivity index (χ3n) is 2.26. The van der Waals surface area contributed by atoms with Crippen molar-refractivity contribution in [2.75, 3.05) is 26.7 Å². The van der Waals surface area contributed by atoms with E-state index >= 15 is 0 Å². The van der Waals surface area contributed by atoms with Crippen LogP contribution in [0.25, 0.3) is 0 Å². The standard InChI is InChI=1S/C11H26N2/c1-3-4-5-6-7-8-9-13-11-10-12-2/h12-13H,3-11H2,1-2H3. The Bertz CT molecular complexity index is 74.2. The van der Waals surface area contributed by atoms with Crippen LogP contribution >= 0.6 is 0 Å². The average molecular weight is 186 g/mol. The molecule has 2 heteroatoms. The quantitative estimate of drug-likeness (QED) is 0.511. The van der Waals surface area contributed by atoms with E-state index in [0.29, 0.717) is 0 Å². The molecule has 0 aliphatic heterocycles. The van der Waals surface area contributed by atoms with Crippen LogP contribution in [0.4, 0.5) is 0 Å². The maximum absolute atomic E-state index is 3.41. The minimum Gasteiger partial charge on any atom is -0.318 e. The van der Waals surface area contributed by atoms with Crippen LogP contribution in [-0.2, 0) is 0 Å². The third kappa shape index (κ3) is 11.9. The van der Waals surface area contributed by atoms with Gasteiger partial charge in [-0.25, -0.2) is 0 Å². The van der Waals surface area contributed by atoms with Crippen molar-refractivity contribution in [1.82, 2.24) is 10.6 Å². The van der Waals surface area contributed by atoms with Gasteiger partial charge in [0.15, 0.2) is 0 Å². The van der Waals surface area contributed by atoms with Crippen molar-refractivity contribution in [3.05, 3.63) is 0 Å². The molecule has 0 aliphatic rings. The zero-order valence-corrected chi connectivity index (χ0v) is 9.36. The van der Waals surface area contributed by atoms with Gasteiger partial charge in [-0.2, -0.15) is 0 Å². The molecule has 0 amide bonds. The van der Waals surface area contributed by atoms with E-state index in [9.17, 15) is 0 Å². The van der Waals surface area contributed by atoms with E-state index in [0.717, 1.165) is 13.1 Å². The number of rotatable bonds is 10. The Morgan fingerprint density at radius 3 is 2.15 bits per heavy atom. The Balaban J connectivity index is 2.76. The molecule has 0 saturated heterocycles. The fourth-order valence-electron chi connectivity index (χ4n) is 1.37. The Morgan fingerprint density at radius 1 is 0.769 bits per heavy atom. The van der Waals surface area contributed by atoms with Crippen molar-refractivity contribution in [2.24, 2.45) is 0 Å². The average Bonchev–Trinajstić information content (AvgIpc) is 2.16. The van der Waals surface area contributed by atoms with Gasteiger partial charge in [0.1, 0.15) is 0 Å². The summed E-state index contributed by atoms with van der Waals surface area (Å²) in [6, 6.07) is 0. The molecule has 0 radical (unpaired) electrons. The Morgan fingerprint density at radius 2 is 1.46 bits per heavy atom. The van der Waals surface area contributed by atoms with Crippen LogP contribution in [0.3, 0.4) is 0 Å².